The maximum atomic E-state index is 5.67. The van der Waals surface area contributed by atoms with Crippen LogP contribution in [0.1, 0.15) is 22.7 Å². The van der Waals surface area contributed by atoms with Crippen molar-refractivity contribution in [2.45, 2.75) is 11.6 Å². The Labute approximate surface area is 154 Å². The molecule has 4 rings (SSSR count). The molecule has 1 saturated heterocycles. The standard InChI is InChI=1S/C23H23NO2/c1-25-23(16-26-17-23)20-12-14-21(15-13-20)24-22(18-8-4-2-5-9-18)19-10-6-3-7-11-19/h2-15,22,24H,16-17H2,1H3. The Kier molecular flexibility index (Phi) is 4.74. The SMILES string of the molecule is COC1(c2ccc(NC(c3ccccc3)c3ccccc3)cc2)COC1. The largest absolute Gasteiger partial charge is 0.375 e. The third kappa shape index (κ3) is 3.24. The summed E-state index contributed by atoms with van der Waals surface area (Å²) in [5.74, 6) is 0. The Morgan fingerprint density at radius 3 is 1.77 bits per heavy atom. The first kappa shape index (κ1) is 16.8. The predicted octanol–water partition coefficient (Wildman–Crippen LogP) is 4.76. The lowest BCUT2D eigenvalue weighted by molar-refractivity contribution is -0.202. The highest BCUT2D eigenvalue weighted by atomic mass is 16.6. The minimum atomic E-state index is -0.281. The van der Waals surface area contributed by atoms with Gasteiger partial charge in [0.15, 0.2) is 0 Å². The van der Waals surface area contributed by atoms with Crippen molar-refractivity contribution in [1.29, 1.82) is 0 Å². The fourth-order valence-corrected chi connectivity index (χ4v) is 3.38. The molecule has 0 bridgehead atoms. The normalized spacial score (nSPS) is 15.5. The minimum Gasteiger partial charge on any atom is -0.375 e. The van der Waals surface area contributed by atoms with Crippen LogP contribution in [0.25, 0.3) is 0 Å². The van der Waals surface area contributed by atoms with Gasteiger partial charge in [0, 0.05) is 12.8 Å². The van der Waals surface area contributed by atoms with E-state index in [-0.39, 0.29) is 11.6 Å². The van der Waals surface area contributed by atoms with E-state index in [1.54, 1.807) is 7.11 Å². The number of anilines is 1. The average Bonchev–Trinajstić information content (AvgIpc) is 2.68. The average molecular weight is 345 g/mol. The van der Waals surface area contributed by atoms with Gasteiger partial charge in [-0.1, -0.05) is 72.8 Å². The minimum absolute atomic E-state index is 0.103. The molecule has 1 heterocycles. The van der Waals surface area contributed by atoms with Gasteiger partial charge in [-0.25, -0.2) is 0 Å². The Morgan fingerprint density at radius 2 is 1.35 bits per heavy atom. The van der Waals surface area contributed by atoms with E-state index in [0.717, 1.165) is 11.3 Å². The molecule has 1 fully saturated rings. The van der Waals surface area contributed by atoms with E-state index in [9.17, 15) is 0 Å². The molecule has 1 aliphatic rings. The maximum absolute atomic E-state index is 5.67. The Hall–Kier alpha value is -2.62. The van der Waals surface area contributed by atoms with Gasteiger partial charge < -0.3 is 14.8 Å². The van der Waals surface area contributed by atoms with Crippen LogP contribution in [-0.4, -0.2) is 20.3 Å². The molecular weight excluding hydrogens is 322 g/mol. The fraction of sp³-hybridized carbons (Fsp3) is 0.217. The van der Waals surface area contributed by atoms with Gasteiger partial charge in [0.05, 0.1) is 19.3 Å². The molecule has 0 spiro atoms. The molecule has 0 aliphatic carbocycles. The van der Waals surface area contributed by atoms with Gasteiger partial charge in [-0.2, -0.15) is 0 Å². The van der Waals surface area contributed by atoms with Crippen LogP contribution >= 0.6 is 0 Å². The van der Waals surface area contributed by atoms with Crippen LogP contribution in [0.2, 0.25) is 0 Å². The molecule has 26 heavy (non-hydrogen) atoms. The van der Waals surface area contributed by atoms with Crippen LogP contribution in [0.5, 0.6) is 0 Å². The Balaban J connectivity index is 1.60. The van der Waals surface area contributed by atoms with E-state index in [0.29, 0.717) is 13.2 Å². The van der Waals surface area contributed by atoms with Crippen LogP contribution in [0.4, 0.5) is 5.69 Å². The lowest BCUT2D eigenvalue weighted by Crippen LogP contribution is -2.48. The molecule has 3 nitrogen and oxygen atoms in total. The second-order valence-electron chi connectivity index (χ2n) is 6.67. The summed E-state index contributed by atoms with van der Waals surface area (Å²) < 4.78 is 11.0. The lowest BCUT2D eigenvalue weighted by Gasteiger charge is -2.40. The first-order valence-electron chi connectivity index (χ1n) is 8.91. The second kappa shape index (κ2) is 7.32. The van der Waals surface area contributed by atoms with Crippen molar-refractivity contribution < 1.29 is 9.47 Å². The van der Waals surface area contributed by atoms with Crippen molar-refractivity contribution >= 4 is 5.69 Å². The number of rotatable bonds is 6. The van der Waals surface area contributed by atoms with Crippen LogP contribution in [0, 0.1) is 0 Å². The van der Waals surface area contributed by atoms with Crippen molar-refractivity contribution in [3.8, 4) is 0 Å². The molecule has 1 N–H and O–H groups in total. The summed E-state index contributed by atoms with van der Waals surface area (Å²) in [4.78, 5) is 0. The molecule has 1 aliphatic heterocycles. The van der Waals surface area contributed by atoms with Crippen LogP contribution < -0.4 is 5.32 Å². The number of hydrogen-bond donors (Lipinski definition) is 1. The van der Waals surface area contributed by atoms with Crippen molar-refractivity contribution in [3.63, 3.8) is 0 Å². The summed E-state index contributed by atoms with van der Waals surface area (Å²) in [7, 11) is 1.75. The van der Waals surface area contributed by atoms with Crippen LogP contribution in [0.3, 0.4) is 0 Å². The van der Waals surface area contributed by atoms with Gasteiger partial charge in [-0.3, -0.25) is 0 Å². The lowest BCUT2D eigenvalue weighted by atomic mass is 9.91. The number of ether oxygens (including phenoxy) is 2. The summed E-state index contributed by atoms with van der Waals surface area (Å²) in [5, 5.41) is 3.67. The van der Waals surface area contributed by atoms with Crippen molar-refractivity contribution in [1.82, 2.24) is 0 Å². The van der Waals surface area contributed by atoms with E-state index in [2.05, 4.69) is 78.1 Å². The topological polar surface area (TPSA) is 30.5 Å². The number of nitrogens with one attached hydrogen (secondary N) is 1. The van der Waals surface area contributed by atoms with E-state index < -0.39 is 0 Å². The molecule has 0 saturated carbocycles. The molecule has 0 unspecified atom stereocenters. The number of methoxy groups -OCH3 is 1. The van der Waals surface area contributed by atoms with Crippen molar-refractivity contribution in [2.75, 3.05) is 25.6 Å². The van der Waals surface area contributed by atoms with E-state index >= 15 is 0 Å². The van der Waals surface area contributed by atoms with Crippen LogP contribution in [-0.2, 0) is 15.1 Å². The van der Waals surface area contributed by atoms with Gasteiger partial charge in [0.2, 0.25) is 0 Å². The van der Waals surface area contributed by atoms with Gasteiger partial charge >= 0.3 is 0 Å². The second-order valence-corrected chi connectivity index (χ2v) is 6.67. The highest BCUT2D eigenvalue weighted by molar-refractivity contribution is 5.51. The smallest absolute Gasteiger partial charge is 0.139 e. The molecule has 0 radical (unpaired) electrons. The van der Waals surface area contributed by atoms with Gasteiger partial charge in [0.25, 0.3) is 0 Å². The van der Waals surface area contributed by atoms with Gasteiger partial charge in [0.1, 0.15) is 5.60 Å². The molecule has 132 valence electrons. The third-order valence-corrected chi connectivity index (χ3v) is 5.05. The zero-order valence-corrected chi connectivity index (χ0v) is 14.9. The predicted molar refractivity (Wildman–Crippen MR) is 104 cm³/mol. The molecular formula is C23H23NO2. The first-order chi connectivity index (χ1) is 12.8. The summed E-state index contributed by atoms with van der Waals surface area (Å²) >= 11 is 0. The molecule has 3 aromatic rings. The highest BCUT2D eigenvalue weighted by Gasteiger charge is 2.40. The summed E-state index contributed by atoms with van der Waals surface area (Å²) in [6.45, 7) is 1.24. The Morgan fingerprint density at radius 1 is 0.808 bits per heavy atom. The summed E-state index contributed by atoms with van der Waals surface area (Å²) in [6, 6.07) is 29.6. The third-order valence-electron chi connectivity index (χ3n) is 5.05. The van der Waals surface area contributed by atoms with E-state index in [1.165, 1.54) is 11.1 Å². The summed E-state index contributed by atoms with van der Waals surface area (Å²) in [5.41, 5.74) is 4.44. The van der Waals surface area contributed by atoms with Crippen molar-refractivity contribution in [2.24, 2.45) is 0 Å². The quantitative estimate of drug-likeness (QED) is 0.699. The molecule has 3 heteroatoms. The Bertz CT molecular complexity index is 782. The monoisotopic (exact) mass is 345 g/mol. The molecule has 0 atom stereocenters. The zero-order valence-electron chi connectivity index (χ0n) is 14.9. The van der Waals surface area contributed by atoms with Crippen molar-refractivity contribution in [3.05, 3.63) is 102 Å². The molecule has 0 amide bonds. The van der Waals surface area contributed by atoms with E-state index in [1.807, 2.05) is 12.1 Å². The highest BCUT2D eigenvalue weighted by Crippen LogP contribution is 2.34. The number of hydrogen-bond acceptors (Lipinski definition) is 3. The number of benzene rings is 3. The summed E-state index contributed by atoms with van der Waals surface area (Å²) in [6.07, 6.45) is 0. The fourth-order valence-electron chi connectivity index (χ4n) is 3.38. The van der Waals surface area contributed by atoms with Crippen LogP contribution in [0.15, 0.2) is 84.9 Å². The van der Waals surface area contributed by atoms with Gasteiger partial charge in [-0.05, 0) is 28.8 Å². The molecule has 0 aromatic heterocycles. The van der Waals surface area contributed by atoms with Gasteiger partial charge in [-0.15, -0.1) is 0 Å². The van der Waals surface area contributed by atoms with E-state index in [4.69, 9.17) is 9.47 Å². The first-order valence-corrected chi connectivity index (χ1v) is 8.91. The maximum Gasteiger partial charge on any atom is 0.139 e. The molecule has 3 aromatic carbocycles. The zero-order chi connectivity index (χ0) is 17.8.